The molecule has 19 heteroatoms. The van der Waals surface area contributed by atoms with Crippen LogP contribution in [0.4, 0.5) is 0 Å². The quantitative estimate of drug-likeness (QED) is 0.0233. The minimum atomic E-state index is -1.99. The van der Waals surface area contributed by atoms with Gasteiger partial charge in [0.15, 0.2) is 18.9 Å². The summed E-state index contributed by atoms with van der Waals surface area (Å²) in [6.07, 6.45) is 30.0. The first-order valence-electron chi connectivity index (χ1n) is 31.3. The summed E-state index contributed by atoms with van der Waals surface area (Å²) < 4.78 is 34.2. The molecule has 12 N–H and O–H groups in total. The van der Waals surface area contributed by atoms with Crippen molar-refractivity contribution in [2.75, 3.05) is 26.4 Å². The van der Waals surface area contributed by atoms with E-state index in [1.165, 1.54) is 83.5 Å². The van der Waals surface area contributed by atoms with Gasteiger partial charge in [-0.05, 0) is 83.5 Å². The number of aliphatic hydroxyl groups is 11. The zero-order valence-electron chi connectivity index (χ0n) is 49.9. The highest BCUT2D eigenvalue weighted by atomic mass is 16.8. The molecule has 1 amide bonds. The van der Waals surface area contributed by atoms with Crippen LogP contribution in [0.15, 0.2) is 85.1 Å². The van der Waals surface area contributed by atoms with E-state index in [0.29, 0.717) is 12.8 Å². The Morgan fingerprint density at radius 1 is 0.446 bits per heavy atom. The SMILES string of the molecule is CC/C=C\C/C=C\C/C=C\C/C=C\CCCCC(=O)NC(COC1OC(CO)C(OC2OC(CO)C(OC3OC(CO)C(O)C(O)C3O)C(O)C2O)C(O)C1O)C(O)/C=C/CC/C=C/CC/C=C/CCCCCCCCCCCCCCC. The molecule has 0 radical (unpaired) electrons. The minimum absolute atomic E-state index is 0.175. The first kappa shape index (κ1) is 74.2. The molecule has 3 saturated heterocycles. The maximum atomic E-state index is 13.3. The molecule has 0 saturated carbocycles. The summed E-state index contributed by atoms with van der Waals surface area (Å²) in [5.74, 6) is -0.334. The van der Waals surface area contributed by atoms with Crippen LogP contribution in [0, 0.1) is 0 Å². The van der Waals surface area contributed by atoms with Crippen molar-refractivity contribution in [1.82, 2.24) is 5.32 Å². The number of carbonyl (C=O) groups is 1. The van der Waals surface area contributed by atoms with Crippen molar-refractivity contribution in [2.24, 2.45) is 0 Å². The molecule has 0 spiro atoms. The minimum Gasteiger partial charge on any atom is -0.394 e. The largest absolute Gasteiger partial charge is 0.394 e. The van der Waals surface area contributed by atoms with E-state index >= 15 is 0 Å². The first-order valence-corrected chi connectivity index (χ1v) is 31.3. The van der Waals surface area contributed by atoms with Gasteiger partial charge >= 0.3 is 0 Å². The maximum Gasteiger partial charge on any atom is 0.220 e. The highest BCUT2D eigenvalue weighted by Crippen LogP contribution is 2.33. The third-order valence-electron chi connectivity index (χ3n) is 15.2. The van der Waals surface area contributed by atoms with E-state index in [9.17, 15) is 61.0 Å². The molecule has 0 aromatic rings. The molecule has 17 atom stereocenters. The van der Waals surface area contributed by atoms with Gasteiger partial charge in [-0.1, -0.05) is 176 Å². The maximum absolute atomic E-state index is 13.3. The summed E-state index contributed by atoms with van der Waals surface area (Å²) in [5.41, 5.74) is 0. The molecule has 0 aromatic heterocycles. The lowest BCUT2D eigenvalue weighted by Crippen LogP contribution is -2.66. The van der Waals surface area contributed by atoms with Crippen molar-refractivity contribution in [3.05, 3.63) is 85.1 Å². The smallest absolute Gasteiger partial charge is 0.220 e. The second-order valence-corrected chi connectivity index (χ2v) is 22.1. The van der Waals surface area contributed by atoms with Gasteiger partial charge in [0.25, 0.3) is 0 Å². The van der Waals surface area contributed by atoms with Crippen LogP contribution in [0.2, 0.25) is 0 Å². The Kier molecular flexibility index (Phi) is 41.3. The lowest BCUT2D eigenvalue weighted by Gasteiger charge is -2.48. The predicted octanol–water partition coefficient (Wildman–Crippen LogP) is 6.37. The lowest BCUT2D eigenvalue weighted by molar-refractivity contribution is -0.379. The van der Waals surface area contributed by atoms with Crippen LogP contribution in [-0.2, 0) is 33.2 Å². The third kappa shape index (κ3) is 29.5. The number of aliphatic hydroxyl groups excluding tert-OH is 11. The normalized spacial score (nSPS) is 30.0. The van der Waals surface area contributed by atoms with Crippen molar-refractivity contribution in [3.8, 4) is 0 Å². The first-order chi connectivity index (χ1) is 40.3. The Morgan fingerprint density at radius 3 is 1.35 bits per heavy atom. The Labute approximate surface area is 495 Å². The van der Waals surface area contributed by atoms with Crippen LogP contribution in [0.1, 0.15) is 181 Å². The highest BCUT2D eigenvalue weighted by Gasteiger charge is 2.53. The zero-order valence-corrected chi connectivity index (χ0v) is 49.9. The van der Waals surface area contributed by atoms with Crippen LogP contribution >= 0.6 is 0 Å². The van der Waals surface area contributed by atoms with Gasteiger partial charge in [0.05, 0.1) is 38.6 Å². The number of hydrogen-bond acceptors (Lipinski definition) is 18. The number of rotatable bonds is 45. The average molecular weight is 1180 g/mol. The lowest BCUT2D eigenvalue weighted by atomic mass is 9.96. The third-order valence-corrected chi connectivity index (χ3v) is 15.2. The van der Waals surface area contributed by atoms with Gasteiger partial charge < -0.3 is 89.9 Å². The van der Waals surface area contributed by atoms with E-state index < -0.39 is 131 Å². The van der Waals surface area contributed by atoms with Gasteiger partial charge in [-0.25, -0.2) is 0 Å². The summed E-state index contributed by atoms with van der Waals surface area (Å²) in [6.45, 7) is 1.53. The Balaban J connectivity index is 1.51. The predicted molar refractivity (Wildman–Crippen MR) is 318 cm³/mol. The topological polar surface area (TPSA) is 307 Å². The number of allylic oxidation sites excluding steroid dienone is 13. The van der Waals surface area contributed by atoms with E-state index in [1.807, 2.05) is 6.08 Å². The van der Waals surface area contributed by atoms with Gasteiger partial charge in [0.1, 0.15) is 73.2 Å². The fourth-order valence-electron chi connectivity index (χ4n) is 10.0. The monoisotopic (exact) mass is 1180 g/mol. The molecule has 478 valence electrons. The number of carbonyl (C=O) groups excluding carboxylic acids is 1. The standard InChI is InChI=1S/C64H109NO18/c1-3-5-7-9-11-13-15-17-19-20-21-22-23-24-25-26-28-29-31-33-35-37-39-41-48(69)47(65-52(70)42-40-38-36-34-32-30-27-18-16-14-12-10-8-6-4-2)46-78-62-58(76)55(73)60(50(44-67)80-62)83-64-59(77)56(74)61(51(45-68)81-64)82-63-57(75)54(72)53(71)49(43-66)79-63/h6,8,12,14,18,25-27,31-34,39,41,47-51,53-64,66-69,71-77H,3-5,7,9-11,13,15-17,19-24,28-30,35-38,40,42-46H2,1-2H3,(H,65,70)/b8-6-,14-12-,26-25+,27-18-,33-31+,34-32-,41-39+. The molecule has 3 aliphatic heterocycles. The van der Waals surface area contributed by atoms with Crippen molar-refractivity contribution in [2.45, 2.75) is 285 Å². The molecule has 0 aliphatic carbocycles. The van der Waals surface area contributed by atoms with Gasteiger partial charge in [-0.2, -0.15) is 0 Å². The molecule has 83 heavy (non-hydrogen) atoms. The van der Waals surface area contributed by atoms with E-state index in [0.717, 1.165) is 64.2 Å². The van der Waals surface area contributed by atoms with Crippen molar-refractivity contribution < 1.29 is 89.4 Å². The molecule has 3 heterocycles. The molecule has 3 fully saturated rings. The van der Waals surface area contributed by atoms with Crippen molar-refractivity contribution >= 4 is 5.91 Å². The fourth-order valence-corrected chi connectivity index (χ4v) is 10.0. The van der Waals surface area contributed by atoms with Crippen LogP contribution in [0.25, 0.3) is 0 Å². The van der Waals surface area contributed by atoms with Gasteiger partial charge in [-0.15, -0.1) is 0 Å². The number of amides is 1. The average Bonchev–Trinajstić information content (AvgIpc) is 3.15. The van der Waals surface area contributed by atoms with Gasteiger partial charge in [0, 0.05) is 6.42 Å². The van der Waals surface area contributed by atoms with E-state index in [-0.39, 0.29) is 12.3 Å². The van der Waals surface area contributed by atoms with Gasteiger partial charge in [0.2, 0.25) is 5.91 Å². The number of hydrogen-bond donors (Lipinski definition) is 12. The molecule has 0 bridgehead atoms. The van der Waals surface area contributed by atoms with E-state index in [2.05, 4.69) is 92.1 Å². The van der Waals surface area contributed by atoms with Crippen molar-refractivity contribution in [1.29, 1.82) is 0 Å². The van der Waals surface area contributed by atoms with Crippen LogP contribution < -0.4 is 5.32 Å². The second-order valence-electron chi connectivity index (χ2n) is 22.1. The molecular weight excluding hydrogens is 1070 g/mol. The summed E-state index contributed by atoms with van der Waals surface area (Å²) >= 11 is 0. The van der Waals surface area contributed by atoms with Gasteiger partial charge in [-0.3, -0.25) is 4.79 Å². The van der Waals surface area contributed by atoms with Crippen LogP contribution in [0.5, 0.6) is 0 Å². The molecule has 19 nitrogen and oxygen atoms in total. The molecule has 0 aromatic carbocycles. The number of unbranched alkanes of at least 4 members (excludes halogenated alkanes) is 17. The Morgan fingerprint density at radius 2 is 0.843 bits per heavy atom. The summed E-state index contributed by atoms with van der Waals surface area (Å²) in [6, 6.07) is -1.02. The molecule has 3 rings (SSSR count). The molecular formula is C64H109NO18. The Bertz CT molecular complexity index is 1840. The second kappa shape index (κ2) is 46.2. The van der Waals surface area contributed by atoms with Crippen LogP contribution in [-0.4, -0.2) is 193 Å². The van der Waals surface area contributed by atoms with Crippen LogP contribution in [0.3, 0.4) is 0 Å². The summed E-state index contributed by atoms with van der Waals surface area (Å²) in [5, 5.41) is 120. The van der Waals surface area contributed by atoms with E-state index in [1.54, 1.807) is 6.08 Å². The Hall–Kier alpha value is -3.03. The summed E-state index contributed by atoms with van der Waals surface area (Å²) in [4.78, 5) is 13.3. The number of ether oxygens (including phenoxy) is 6. The highest BCUT2D eigenvalue weighted by molar-refractivity contribution is 5.76. The van der Waals surface area contributed by atoms with E-state index in [4.69, 9.17) is 28.4 Å². The fraction of sp³-hybridized carbons (Fsp3) is 0.766. The molecule has 17 unspecified atom stereocenters. The van der Waals surface area contributed by atoms with Crippen molar-refractivity contribution in [3.63, 3.8) is 0 Å². The molecule has 3 aliphatic rings. The number of nitrogens with one attached hydrogen (secondary N) is 1. The zero-order chi connectivity index (χ0) is 60.5. The summed E-state index contributed by atoms with van der Waals surface area (Å²) in [7, 11) is 0.